The first-order chi connectivity index (χ1) is 14.0. The van der Waals surface area contributed by atoms with E-state index >= 15 is 0 Å². The van der Waals surface area contributed by atoms with Crippen molar-refractivity contribution in [2.45, 2.75) is 0 Å². The van der Waals surface area contributed by atoms with Gasteiger partial charge in [0.05, 0.1) is 36.9 Å². The lowest BCUT2D eigenvalue weighted by Gasteiger charge is -2.25. The third-order valence-corrected chi connectivity index (χ3v) is 4.48. The molecule has 2 amide bonds. The first kappa shape index (κ1) is 22.5. The molecule has 0 atom stereocenters. The molecule has 0 radical (unpaired) electrons. The zero-order valence-electron chi connectivity index (χ0n) is 16.8. The second-order valence-electron chi connectivity index (χ2n) is 6.25. The van der Waals surface area contributed by atoms with E-state index in [1.807, 2.05) is 0 Å². The summed E-state index contributed by atoms with van der Waals surface area (Å²) in [5.41, 5.74) is 0.769. The number of hydrogen-bond acceptors (Lipinski definition) is 8. The van der Waals surface area contributed by atoms with Crippen LogP contribution in [0, 0.1) is 10.1 Å². The van der Waals surface area contributed by atoms with Gasteiger partial charge >= 0.3 is 0 Å². The van der Waals surface area contributed by atoms with E-state index in [0.29, 0.717) is 31.9 Å². The van der Waals surface area contributed by atoms with E-state index in [-0.39, 0.29) is 30.1 Å². The van der Waals surface area contributed by atoms with Gasteiger partial charge in [0, 0.05) is 46.6 Å². The van der Waals surface area contributed by atoms with Crippen LogP contribution in [0.3, 0.4) is 0 Å². The molecule has 10 nitrogen and oxygen atoms in total. The highest BCUT2D eigenvalue weighted by atomic mass is 16.6. The second kappa shape index (κ2) is 10.6. The van der Waals surface area contributed by atoms with Gasteiger partial charge in [0.15, 0.2) is 0 Å². The van der Waals surface area contributed by atoms with Gasteiger partial charge < -0.3 is 19.1 Å². The highest BCUT2D eigenvalue weighted by molar-refractivity contribution is 6.35. The molecule has 1 aromatic rings. The number of hydrogen-bond donors (Lipinski definition) is 0. The predicted octanol–water partition coefficient (Wildman–Crippen LogP) is 0.916. The number of carbonyl (C=O) groups excluding carboxylic acids is 2. The molecule has 0 unspecified atom stereocenters. The van der Waals surface area contributed by atoms with E-state index in [1.165, 1.54) is 31.4 Å². The Morgan fingerprint density at radius 2 is 1.48 bits per heavy atom. The van der Waals surface area contributed by atoms with Crippen molar-refractivity contribution >= 4 is 23.1 Å². The SMILES string of the molecule is COCCN(CCOC)C1=C(c2ccc([N+](=O)[O-])cc2)C(=O)N(CCOC)C1=O. The fraction of sp³-hybridized carbons (Fsp3) is 0.474. The number of amides is 2. The summed E-state index contributed by atoms with van der Waals surface area (Å²) in [4.78, 5) is 39.5. The van der Waals surface area contributed by atoms with E-state index < -0.39 is 16.7 Å². The van der Waals surface area contributed by atoms with Gasteiger partial charge in [-0.2, -0.15) is 0 Å². The van der Waals surface area contributed by atoms with Crippen LogP contribution in [-0.2, 0) is 23.8 Å². The van der Waals surface area contributed by atoms with Crippen LogP contribution in [0.2, 0.25) is 0 Å². The topological polar surface area (TPSA) is 111 Å². The maximum Gasteiger partial charge on any atom is 0.277 e. The van der Waals surface area contributed by atoms with Crippen LogP contribution in [0.15, 0.2) is 30.0 Å². The summed E-state index contributed by atoms with van der Waals surface area (Å²) < 4.78 is 15.3. The van der Waals surface area contributed by atoms with Crippen molar-refractivity contribution in [1.29, 1.82) is 0 Å². The van der Waals surface area contributed by atoms with Crippen LogP contribution in [0.25, 0.3) is 5.57 Å². The van der Waals surface area contributed by atoms with E-state index in [0.717, 1.165) is 4.90 Å². The lowest BCUT2D eigenvalue weighted by atomic mass is 10.0. The Hall–Kier alpha value is -2.82. The van der Waals surface area contributed by atoms with Crippen LogP contribution < -0.4 is 0 Å². The standard InChI is InChI=1S/C19H25N3O7/c1-27-11-8-20(9-12-28-2)17-16(14-4-6-15(7-5-14)22(25)26)18(23)21(19(17)24)10-13-29-3/h4-7H,8-13H2,1-3H3. The van der Waals surface area contributed by atoms with E-state index in [2.05, 4.69) is 0 Å². The highest BCUT2D eigenvalue weighted by Gasteiger charge is 2.41. The number of benzene rings is 1. The number of ether oxygens (including phenoxy) is 3. The molecule has 1 heterocycles. The number of carbonyl (C=O) groups is 2. The zero-order chi connectivity index (χ0) is 21.4. The van der Waals surface area contributed by atoms with Gasteiger partial charge in [0.1, 0.15) is 5.70 Å². The molecule has 29 heavy (non-hydrogen) atoms. The molecular formula is C19H25N3O7. The Balaban J connectivity index is 2.51. The minimum atomic E-state index is -0.519. The number of rotatable bonds is 12. The molecule has 0 bridgehead atoms. The Labute approximate surface area is 168 Å². The van der Waals surface area contributed by atoms with Crippen molar-refractivity contribution in [2.24, 2.45) is 0 Å². The Morgan fingerprint density at radius 1 is 0.931 bits per heavy atom. The molecule has 1 aliphatic rings. The number of nitrogens with zero attached hydrogens (tertiary/aromatic N) is 3. The van der Waals surface area contributed by atoms with Crippen LogP contribution in [0.1, 0.15) is 5.56 Å². The van der Waals surface area contributed by atoms with Crippen molar-refractivity contribution < 1.29 is 28.7 Å². The van der Waals surface area contributed by atoms with E-state index in [1.54, 1.807) is 19.1 Å². The average Bonchev–Trinajstić information content (AvgIpc) is 2.96. The average molecular weight is 407 g/mol. The molecule has 0 fully saturated rings. The molecule has 158 valence electrons. The van der Waals surface area contributed by atoms with E-state index in [9.17, 15) is 19.7 Å². The first-order valence-corrected chi connectivity index (χ1v) is 9.03. The lowest BCUT2D eigenvalue weighted by Crippen LogP contribution is -2.39. The van der Waals surface area contributed by atoms with Crippen molar-refractivity contribution in [3.63, 3.8) is 0 Å². The first-order valence-electron chi connectivity index (χ1n) is 9.03. The monoisotopic (exact) mass is 407 g/mol. The molecule has 1 aliphatic heterocycles. The fourth-order valence-corrected chi connectivity index (χ4v) is 2.99. The molecule has 0 N–H and O–H groups in total. The normalized spacial score (nSPS) is 14.1. The minimum Gasteiger partial charge on any atom is -0.383 e. The molecule has 10 heteroatoms. The Kier molecular flexibility index (Phi) is 8.25. The third kappa shape index (κ3) is 5.17. The summed E-state index contributed by atoms with van der Waals surface area (Å²) in [6.07, 6.45) is 0. The number of nitro benzene ring substituents is 1. The quantitative estimate of drug-likeness (QED) is 0.286. The number of nitro groups is 1. The van der Waals surface area contributed by atoms with Crippen molar-refractivity contribution in [2.75, 3.05) is 60.8 Å². The third-order valence-electron chi connectivity index (χ3n) is 4.48. The van der Waals surface area contributed by atoms with Crippen molar-refractivity contribution in [1.82, 2.24) is 9.80 Å². The summed E-state index contributed by atoms with van der Waals surface area (Å²) in [5, 5.41) is 10.9. The molecule has 0 aromatic heterocycles. The smallest absolute Gasteiger partial charge is 0.277 e. The highest BCUT2D eigenvalue weighted by Crippen LogP contribution is 2.32. The van der Waals surface area contributed by atoms with Crippen molar-refractivity contribution in [3.05, 3.63) is 45.6 Å². The van der Waals surface area contributed by atoms with Gasteiger partial charge in [-0.1, -0.05) is 0 Å². The van der Waals surface area contributed by atoms with Crippen LogP contribution in [0.5, 0.6) is 0 Å². The summed E-state index contributed by atoms with van der Waals surface area (Å²) in [5.74, 6) is -0.900. The van der Waals surface area contributed by atoms with Crippen molar-refractivity contribution in [3.8, 4) is 0 Å². The van der Waals surface area contributed by atoms with Crippen LogP contribution >= 0.6 is 0 Å². The maximum absolute atomic E-state index is 13.1. The summed E-state index contributed by atoms with van der Waals surface area (Å²) in [6.45, 7) is 1.76. The lowest BCUT2D eigenvalue weighted by molar-refractivity contribution is -0.384. The Bertz CT molecular complexity index is 769. The van der Waals surface area contributed by atoms with E-state index in [4.69, 9.17) is 14.2 Å². The van der Waals surface area contributed by atoms with Gasteiger partial charge in [-0.05, 0) is 17.7 Å². The van der Waals surface area contributed by atoms with Gasteiger partial charge in [-0.3, -0.25) is 24.6 Å². The molecule has 0 aliphatic carbocycles. The van der Waals surface area contributed by atoms with Gasteiger partial charge in [0.2, 0.25) is 0 Å². The summed E-state index contributed by atoms with van der Waals surface area (Å²) >= 11 is 0. The zero-order valence-corrected chi connectivity index (χ0v) is 16.8. The second-order valence-corrected chi connectivity index (χ2v) is 6.25. The Morgan fingerprint density at radius 3 is 1.97 bits per heavy atom. The molecule has 0 saturated heterocycles. The largest absolute Gasteiger partial charge is 0.383 e. The number of imide groups is 1. The fourth-order valence-electron chi connectivity index (χ4n) is 2.99. The molecule has 0 spiro atoms. The molecular weight excluding hydrogens is 382 g/mol. The predicted molar refractivity (Wildman–Crippen MR) is 104 cm³/mol. The maximum atomic E-state index is 13.1. The minimum absolute atomic E-state index is 0.0977. The summed E-state index contributed by atoms with van der Waals surface area (Å²) in [7, 11) is 4.58. The van der Waals surface area contributed by atoms with Gasteiger partial charge in [-0.25, -0.2) is 0 Å². The number of methoxy groups -OCH3 is 3. The molecule has 1 aromatic carbocycles. The van der Waals surface area contributed by atoms with Gasteiger partial charge in [-0.15, -0.1) is 0 Å². The molecule has 2 rings (SSSR count). The molecule has 0 saturated carbocycles. The number of non-ortho nitro benzene ring substituents is 1. The summed E-state index contributed by atoms with van der Waals surface area (Å²) in [6, 6.07) is 5.57. The van der Waals surface area contributed by atoms with Crippen LogP contribution in [0.4, 0.5) is 5.69 Å². The van der Waals surface area contributed by atoms with Gasteiger partial charge in [0.25, 0.3) is 17.5 Å². The van der Waals surface area contributed by atoms with Crippen LogP contribution in [-0.4, -0.2) is 87.3 Å².